The average molecular weight is 460 g/mol. The van der Waals surface area contributed by atoms with Gasteiger partial charge in [0.1, 0.15) is 0 Å². The molecule has 0 radical (unpaired) electrons. The highest BCUT2D eigenvalue weighted by molar-refractivity contribution is 9.10. The number of rotatable bonds is 5. The Morgan fingerprint density at radius 1 is 1.18 bits per heavy atom. The van der Waals surface area contributed by atoms with Crippen molar-refractivity contribution in [1.29, 1.82) is 0 Å². The van der Waals surface area contributed by atoms with Gasteiger partial charge in [-0.1, -0.05) is 50.9 Å². The van der Waals surface area contributed by atoms with Crippen LogP contribution < -0.4 is 5.56 Å². The van der Waals surface area contributed by atoms with Gasteiger partial charge in [-0.3, -0.25) is 4.79 Å². The second kappa shape index (κ2) is 8.76. The van der Waals surface area contributed by atoms with Crippen LogP contribution >= 0.6 is 27.5 Å². The Hall–Kier alpha value is -2.37. The van der Waals surface area contributed by atoms with E-state index in [-0.39, 0.29) is 11.5 Å². The van der Waals surface area contributed by atoms with Crippen molar-refractivity contribution in [2.75, 3.05) is 0 Å². The van der Waals surface area contributed by atoms with Crippen molar-refractivity contribution in [3.05, 3.63) is 103 Å². The normalized spacial score (nSPS) is 12.8. The fraction of sp³-hybridized carbons (Fsp3) is 0.182. The molecule has 0 aliphatic rings. The summed E-state index contributed by atoms with van der Waals surface area (Å²) in [5.74, 6) is -0.0338. The molecule has 1 heterocycles. The molecule has 144 valence electrons. The van der Waals surface area contributed by atoms with Crippen LogP contribution in [0.15, 0.2) is 75.2 Å². The van der Waals surface area contributed by atoms with E-state index in [1.54, 1.807) is 19.3 Å². The smallest absolute Gasteiger partial charge is 0.250 e. The van der Waals surface area contributed by atoms with Gasteiger partial charge in [-0.25, -0.2) is 0 Å². The first-order valence-electron chi connectivity index (χ1n) is 8.78. The number of benzene rings is 2. The predicted octanol–water partition coefficient (Wildman–Crippen LogP) is 5.51. The molecule has 28 heavy (non-hydrogen) atoms. The highest BCUT2D eigenvalue weighted by Crippen LogP contribution is 2.33. The van der Waals surface area contributed by atoms with Crippen molar-refractivity contribution in [1.82, 2.24) is 4.57 Å². The first-order valence-corrected chi connectivity index (χ1v) is 9.95. The van der Waals surface area contributed by atoms with Crippen molar-refractivity contribution in [2.24, 2.45) is 12.2 Å². The summed E-state index contributed by atoms with van der Waals surface area (Å²) in [7, 11) is 1.68. The second-order valence-corrected chi connectivity index (χ2v) is 8.07. The van der Waals surface area contributed by atoms with Gasteiger partial charge in [0.05, 0.1) is 5.71 Å². The molecular weight excluding hydrogens is 440 g/mol. The van der Waals surface area contributed by atoms with Gasteiger partial charge >= 0.3 is 0 Å². The van der Waals surface area contributed by atoms with Crippen LogP contribution in [0.1, 0.15) is 34.6 Å². The molecule has 6 heteroatoms. The zero-order chi connectivity index (χ0) is 20.3. The van der Waals surface area contributed by atoms with Gasteiger partial charge in [0.2, 0.25) is 5.56 Å². The molecule has 4 nitrogen and oxygen atoms in total. The van der Waals surface area contributed by atoms with Crippen LogP contribution in [0, 0.1) is 6.92 Å². The van der Waals surface area contributed by atoms with E-state index < -0.39 is 0 Å². The number of hydrogen-bond donors (Lipinski definition) is 1. The molecule has 0 spiro atoms. The molecule has 2 aromatic carbocycles. The molecule has 0 saturated heterocycles. The van der Waals surface area contributed by atoms with E-state index in [0.29, 0.717) is 22.7 Å². The van der Waals surface area contributed by atoms with Crippen molar-refractivity contribution >= 4 is 33.2 Å². The van der Waals surface area contributed by atoms with Crippen molar-refractivity contribution < 1.29 is 5.21 Å². The topological polar surface area (TPSA) is 54.6 Å². The minimum atomic E-state index is -0.112. The third-order valence-corrected chi connectivity index (χ3v) is 5.58. The fourth-order valence-corrected chi connectivity index (χ4v) is 3.80. The molecule has 0 aliphatic heterocycles. The standard InChI is InChI=1S/C22H20BrClN2O2/c1-14-11-18(24)8-9-19(14)20(15-3-6-17(23)7-4-15)12-21(25-28)16-5-10-22(27)26(2)13-16/h3-11,13,20,28H,12H2,1-2H3/b25-21+. The Labute approximate surface area is 177 Å². The molecule has 1 unspecified atom stereocenters. The zero-order valence-electron chi connectivity index (χ0n) is 15.6. The maximum atomic E-state index is 11.7. The first kappa shape index (κ1) is 20.4. The van der Waals surface area contributed by atoms with Crippen molar-refractivity contribution in [3.8, 4) is 0 Å². The molecule has 1 atom stereocenters. The lowest BCUT2D eigenvalue weighted by Crippen LogP contribution is -2.18. The van der Waals surface area contributed by atoms with E-state index in [4.69, 9.17) is 11.6 Å². The first-order chi connectivity index (χ1) is 13.4. The molecule has 3 aromatic rings. The van der Waals surface area contributed by atoms with Crippen LogP contribution in [0.5, 0.6) is 0 Å². The number of oxime groups is 1. The summed E-state index contributed by atoms with van der Waals surface area (Å²) in [5, 5.41) is 13.9. The Balaban J connectivity index is 2.06. The molecule has 3 rings (SSSR count). The van der Waals surface area contributed by atoms with Gasteiger partial charge in [-0.05, 0) is 53.9 Å². The van der Waals surface area contributed by atoms with E-state index >= 15 is 0 Å². The number of nitrogens with zero attached hydrogens (tertiary/aromatic N) is 2. The van der Waals surface area contributed by atoms with Gasteiger partial charge in [-0.2, -0.15) is 0 Å². The minimum absolute atomic E-state index is 0.0338. The lowest BCUT2D eigenvalue weighted by molar-refractivity contribution is 0.317. The van der Waals surface area contributed by atoms with E-state index in [1.807, 2.05) is 37.3 Å². The molecule has 0 saturated carbocycles. The molecule has 1 N–H and O–H groups in total. The Morgan fingerprint density at radius 2 is 1.89 bits per heavy atom. The summed E-state index contributed by atoms with van der Waals surface area (Å²) in [5.41, 5.74) is 4.38. The quantitative estimate of drug-likeness (QED) is 0.311. The molecular formula is C22H20BrClN2O2. The summed E-state index contributed by atoms with van der Waals surface area (Å²) in [6, 6.07) is 17.1. The molecule has 0 aliphatic carbocycles. The SMILES string of the molecule is Cc1cc(Cl)ccc1C(C/C(=N\O)c1ccc(=O)n(C)c1)c1ccc(Br)cc1. The van der Waals surface area contributed by atoms with Crippen molar-refractivity contribution in [3.63, 3.8) is 0 Å². The summed E-state index contributed by atoms with van der Waals surface area (Å²) in [6.07, 6.45) is 2.16. The van der Waals surface area contributed by atoms with Crippen LogP contribution in [0.3, 0.4) is 0 Å². The number of hydrogen-bond acceptors (Lipinski definition) is 3. The van der Waals surface area contributed by atoms with Gasteiger partial charge in [0.15, 0.2) is 0 Å². The van der Waals surface area contributed by atoms with E-state index in [0.717, 1.165) is 21.2 Å². The molecule has 0 fully saturated rings. The predicted molar refractivity (Wildman–Crippen MR) is 117 cm³/mol. The van der Waals surface area contributed by atoms with E-state index in [1.165, 1.54) is 10.6 Å². The van der Waals surface area contributed by atoms with Gasteiger partial charge in [0.25, 0.3) is 0 Å². The van der Waals surface area contributed by atoms with Gasteiger partial charge in [-0.15, -0.1) is 0 Å². The highest BCUT2D eigenvalue weighted by atomic mass is 79.9. The largest absolute Gasteiger partial charge is 0.411 e. The Morgan fingerprint density at radius 3 is 2.50 bits per heavy atom. The molecule has 1 aromatic heterocycles. The minimum Gasteiger partial charge on any atom is -0.411 e. The van der Waals surface area contributed by atoms with Crippen molar-refractivity contribution in [2.45, 2.75) is 19.3 Å². The third kappa shape index (κ3) is 4.54. The number of halogens is 2. The van der Waals surface area contributed by atoms with Crippen LogP contribution in [0.25, 0.3) is 0 Å². The highest BCUT2D eigenvalue weighted by Gasteiger charge is 2.21. The number of aryl methyl sites for hydroxylation is 2. The molecule has 0 bridgehead atoms. The second-order valence-electron chi connectivity index (χ2n) is 6.72. The number of aromatic nitrogens is 1. The average Bonchev–Trinajstić information content (AvgIpc) is 2.67. The maximum absolute atomic E-state index is 11.7. The zero-order valence-corrected chi connectivity index (χ0v) is 17.9. The summed E-state index contributed by atoms with van der Waals surface area (Å²) in [4.78, 5) is 11.7. The van der Waals surface area contributed by atoms with E-state index in [2.05, 4.69) is 33.2 Å². The maximum Gasteiger partial charge on any atom is 0.250 e. The summed E-state index contributed by atoms with van der Waals surface area (Å²) in [6.45, 7) is 2.02. The third-order valence-electron chi connectivity index (χ3n) is 4.82. The lowest BCUT2D eigenvalue weighted by atomic mass is 9.83. The molecule has 0 amide bonds. The Bertz CT molecular complexity index is 1070. The number of pyridine rings is 1. The Kier molecular flexibility index (Phi) is 6.37. The monoisotopic (exact) mass is 458 g/mol. The van der Waals surface area contributed by atoms with Crippen LogP contribution in [-0.2, 0) is 7.05 Å². The van der Waals surface area contributed by atoms with Crippen LogP contribution in [-0.4, -0.2) is 15.5 Å². The summed E-state index contributed by atoms with van der Waals surface area (Å²) < 4.78 is 2.47. The fourth-order valence-electron chi connectivity index (χ4n) is 3.31. The lowest BCUT2D eigenvalue weighted by Gasteiger charge is -2.21. The van der Waals surface area contributed by atoms with Crippen LogP contribution in [0.4, 0.5) is 0 Å². The van der Waals surface area contributed by atoms with E-state index in [9.17, 15) is 10.0 Å². The van der Waals surface area contributed by atoms with Crippen LogP contribution in [0.2, 0.25) is 5.02 Å². The summed E-state index contributed by atoms with van der Waals surface area (Å²) >= 11 is 9.62. The van der Waals surface area contributed by atoms with Gasteiger partial charge < -0.3 is 9.77 Å². The van der Waals surface area contributed by atoms with Gasteiger partial charge in [0, 0.05) is 46.7 Å².